The summed E-state index contributed by atoms with van der Waals surface area (Å²) in [5, 5.41) is 3.34. The first kappa shape index (κ1) is 13.8. The largest absolute Gasteiger partial charge is 0.489 e. The van der Waals surface area contributed by atoms with Gasteiger partial charge in [0.25, 0.3) is 0 Å². The second-order valence-electron chi connectivity index (χ2n) is 4.44. The summed E-state index contributed by atoms with van der Waals surface area (Å²) in [6, 6.07) is 6.29. The van der Waals surface area contributed by atoms with Crippen LogP contribution in [0, 0.1) is 6.92 Å². The Hall–Kier alpha value is -1.28. The summed E-state index contributed by atoms with van der Waals surface area (Å²) in [4.78, 5) is 0. The predicted molar refractivity (Wildman–Crippen MR) is 73.5 cm³/mol. The summed E-state index contributed by atoms with van der Waals surface area (Å²) in [6.45, 7) is 10.9. The molecule has 0 spiro atoms. The van der Waals surface area contributed by atoms with Gasteiger partial charge in [-0.1, -0.05) is 30.7 Å². The normalized spacial score (nSPS) is 10.1. The Morgan fingerprint density at radius 1 is 1.35 bits per heavy atom. The second kappa shape index (κ2) is 7.13. The fraction of sp³-hybridized carbons (Fsp3) is 0.467. The predicted octanol–water partition coefficient (Wildman–Crippen LogP) is 3.45. The number of hydrogen-bond donors (Lipinski definition) is 1. The lowest BCUT2D eigenvalue weighted by Crippen LogP contribution is -2.13. The van der Waals surface area contributed by atoms with E-state index in [0.717, 1.165) is 18.8 Å². The summed E-state index contributed by atoms with van der Waals surface area (Å²) < 4.78 is 5.86. The van der Waals surface area contributed by atoms with Crippen LogP contribution in [0.25, 0.3) is 0 Å². The Bertz CT molecular complexity index is 379. The molecule has 1 aromatic rings. The lowest BCUT2D eigenvalue weighted by molar-refractivity contribution is 0.354. The first-order valence-corrected chi connectivity index (χ1v) is 6.20. The van der Waals surface area contributed by atoms with E-state index in [4.69, 9.17) is 4.74 Å². The summed E-state index contributed by atoms with van der Waals surface area (Å²) in [5.41, 5.74) is 3.71. The van der Waals surface area contributed by atoms with Gasteiger partial charge in [-0.3, -0.25) is 0 Å². The molecule has 0 aliphatic carbocycles. The van der Waals surface area contributed by atoms with E-state index in [9.17, 15) is 0 Å². The van der Waals surface area contributed by atoms with Crippen LogP contribution >= 0.6 is 0 Å². The molecule has 94 valence electrons. The van der Waals surface area contributed by atoms with Gasteiger partial charge in [0.05, 0.1) is 0 Å². The van der Waals surface area contributed by atoms with Crippen LogP contribution in [0.1, 0.15) is 31.9 Å². The van der Waals surface area contributed by atoms with Gasteiger partial charge in [0.1, 0.15) is 12.4 Å². The first-order valence-electron chi connectivity index (χ1n) is 6.20. The Kier molecular flexibility index (Phi) is 5.78. The van der Waals surface area contributed by atoms with Gasteiger partial charge < -0.3 is 10.1 Å². The Morgan fingerprint density at radius 2 is 2.12 bits per heavy atom. The Labute approximate surface area is 105 Å². The highest BCUT2D eigenvalue weighted by molar-refractivity contribution is 5.40. The molecule has 0 aromatic heterocycles. The highest BCUT2D eigenvalue weighted by Gasteiger charge is 2.05. The molecule has 0 heterocycles. The third-order valence-electron chi connectivity index (χ3n) is 2.58. The molecule has 0 bridgehead atoms. The van der Waals surface area contributed by atoms with Crippen molar-refractivity contribution in [2.24, 2.45) is 0 Å². The van der Waals surface area contributed by atoms with Crippen molar-refractivity contribution >= 4 is 0 Å². The number of para-hydroxylation sites is 1. The highest BCUT2D eigenvalue weighted by atomic mass is 16.5. The van der Waals surface area contributed by atoms with E-state index >= 15 is 0 Å². The summed E-state index contributed by atoms with van der Waals surface area (Å²) >= 11 is 0. The molecule has 2 heteroatoms. The molecule has 1 N–H and O–H groups in total. The topological polar surface area (TPSA) is 21.3 Å². The van der Waals surface area contributed by atoms with Crippen molar-refractivity contribution in [3.05, 3.63) is 41.0 Å². The van der Waals surface area contributed by atoms with Crippen LogP contribution < -0.4 is 10.1 Å². The van der Waals surface area contributed by atoms with Gasteiger partial charge in [0, 0.05) is 12.1 Å². The van der Waals surface area contributed by atoms with Crippen molar-refractivity contribution in [3.63, 3.8) is 0 Å². The minimum Gasteiger partial charge on any atom is -0.489 e. The lowest BCUT2D eigenvalue weighted by Gasteiger charge is -2.13. The van der Waals surface area contributed by atoms with Gasteiger partial charge >= 0.3 is 0 Å². The quantitative estimate of drug-likeness (QED) is 0.760. The van der Waals surface area contributed by atoms with E-state index in [1.165, 1.54) is 16.7 Å². The van der Waals surface area contributed by atoms with Crippen molar-refractivity contribution in [3.8, 4) is 5.75 Å². The zero-order chi connectivity index (χ0) is 12.7. The van der Waals surface area contributed by atoms with E-state index in [0.29, 0.717) is 6.61 Å². The number of benzene rings is 1. The molecular weight excluding hydrogens is 210 g/mol. The average Bonchev–Trinajstić information content (AvgIpc) is 2.29. The maximum Gasteiger partial charge on any atom is 0.127 e. The van der Waals surface area contributed by atoms with Gasteiger partial charge in [-0.25, -0.2) is 0 Å². The number of nitrogens with one attached hydrogen (secondary N) is 1. The van der Waals surface area contributed by atoms with Gasteiger partial charge in [0.15, 0.2) is 0 Å². The van der Waals surface area contributed by atoms with Crippen LogP contribution in [-0.2, 0) is 6.54 Å². The van der Waals surface area contributed by atoms with Crippen LogP contribution in [0.15, 0.2) is 29.8 Å². The Balaban J connectivity index is 2.76. The van der Waals surface area contributed by atoms with Crippen molar-refractivity contribution < 1.29 is 4.74 Å². The molecule has 0 unspecified atom stereocenters. The number of rotatable bonds is 6. The van der Waals surface area contributed by atoms with Crippen molar-refractivity contribution in [1.82, 2.24) is 5.32 Å². The third kappa shape index (κ3) is 4.61. The molecule has 0 fully saturated rings. The van der Waals surface area contributed by atoms with Crippen LogP contribution in [0.4, 0.5) is 0 Å². The summed E-state index contributed by atoms with van der Waals surface area (Å²) in [7, 11) is 0. The fourth-order valence-corrected chi connectivity index (χ4v) is 1.61. The molecule has 0 saturated carbocycles. The molecule has 1 rings (SSSR count). The van der Waals surface area contributed by atoms with Crippen molar-refractivity contribution in [1.29, 1.82) is 0 Å². The first-order chi connectivity index (χ1) is 8.15. The molecular formula is C15H23NO. The molecule has 0 aliphatic heterocycles. The second-order valence-corrected chi connectivity index (χ2v) is 4.44. The maximum absolute atomic E-state index is 5.86. The zero-order valence-corrected chi connectivity index (χ0v) is 11.3. The van der Waals surface area contributed by atoms with Gasteiger partial charge in [-0.05, 0) is 39.0 Å². The Morgan fingerprint density at radius 3 is 2.76 bits per heavy atom. The number of hydrogen-bond acceptors (Lipinski definition) is 2. The van der Waals surface area contributed by atoms with E-state index in [-0.39, 0.29) is 0 Å². The van der Waals surface area contributed by atoms with E-state index in [1.54, 1.807) is 0 Å². The number of aryl methyl sites for hydroxylation is 1. The minimum absolute atomic E-state index is 0.645. The van der Waals surface area contributed by atoms with E-state index in [2.05, 4.69) is 57.3 Å². The van der Waals surface area contributed by atoms with Crippen LogP contribution in [-0.4, -0.2) is 13.2 Å². The molecule has 0 aliphatic rings. The van der Waals surface area contributed by atoms with Gasteiger partial charge in [-0.2, -0.15) is 0 Å². The van der Waals surface area contributed by atoms with Crippen molar-refractivity contribution in [2.75, 3.05) is 13.2 Å². The third-order valence-corrected chi connectivity index (χ3v) is 2.58. The van der Waals surface area contributed by atoms with E-state index in [1.807, 2.05) is 0 Å². The minimum atomic E-state index is 0.645. The summed E-state index contributed by atoms with van der Waals surface area (Å²) in [6.07, 6.45) is 2.10. The lowest BCUT2D eigenvalue weighted by atomic mass is 10.1. The van der Waals surface area contributed by atoms with E-state index < -0.39 is 0 Å². The van der Waals surface area contributed by atoms with Crippen LogP contribution in [0.5, 0.6) is 5.75 Å². The highest BCUT2D eigenvalue weighted by Crippen LogP contribution is 2.23. The van der Waals surface area contributed by atoms with Crippen molar-refractivity contribution in [2.45, 2.75) is 34.2 Å². The molecule has 0 amide bonds. The number of allylic oxidation sites excluding steroid dienone is 1. The molecule has 17 heavy (non-hydrogen) atoms. The summed E-state index contributed by atoms with van der Waals surface area (Å²) in [5.74, 6) is 1.02. The molecule has 1 aromatic carbocycles. The fourth-order valence-electron chi connectivity index (χ4n) is 1.61. The maximum atomic E-state index is 5.86. The number of ether oxygens (including phenoxy) is 1. The standard InChI is InChI=1S/C15H23NO/c1-5-16-11-14-8-6-7-13(4)15(14)17-10-9-12(2)3/h6-9,16H,5,10-11H2,1-4H3. The molecule has 0 saturated heterocycles. The molecule has 0 radical (unpaired) electrons. The van der Waals surface area contributed by atoms with Crippen LogP contribution in [0.2, 0.25) is 0 Å². The molecule has 2 nitrogen and oxygen atoms in total. The smallest absolute Gasteiger partial charge is 0.127 e. The van der Waals surface area contributed by atoms with Crippen LogP contribution in [0.3, 0.4) is 0 Å². The molecule has 0 atom stereocenters. The van der Waals surface area contributed by atoms with Gasteiger partial charge in [0.2, 0.25) is 0 Å². The average molecular weight is 233 g/mol. The zero-order valence-electron chi connectivity index (χ0n) is 11.3. The SMILES string of the molecule is CCNCc1cccc(C)c1OCC=C(C)C. The monoisotopic (exact) mass is 233 g/mol. The van der Waals surface area contributed by atoms with Gasteiger partial charge in [-0.15, -0.1) is 0 Å².